The van der Waals surface area contributed by atoms with Gasteiger partial charge in [-0.25, -0.2) is 9.97 Å². The molecule has 0 saturated carbocycles. The zero-order chi connectivity index (χ0) is 28.1. The van der Waals surface area contributed by atoms with E-state index in [-0.39, 0.29) is 17.7 Å². The fourth-order valence-corrected chi connectivity index (χ4v) is 4.93. The number of hydrogen-bond donors (Lipinski definition) is 1. The van der Waals surface area contributed by atoms with Gasteiger partial charge in [0.1, 0.15) is 24.5 Å². The molecule has 8 heteroatoms. The Balaban J connectivity index is 1.44. The molecule has 1 fully saturated rings. The van der Waals surface area contributed by atoms with Crippen LogP contribution in [-0.2, 0) is 17.8 Å². The number of carbonyl (C=O) groups excluding carboxylic acids is 1. The number of nitrogens with zero attached hydrogens (tertiary/aromatic N) is 4. The number of hydrogen-bond acceptors (Lipinski definition) is 7. The molecule has 0 unspecified atom stereocenters. The summed E-state index contributed by atoms with van der Waals surface area (Å²) in [5, 5.41) is 4.57. The van der Waals surface area contributed by atoms with Crippen molar-refractivity contribution in [3.05, 3.63) is 95.6 Å². The largest absolute Gasteiger partial charge is 0.486 e. The van der Waals surface area contributed by atoms with Crippen LogP contribution in [0.1, 0.15) is 36.6 Å². The SMILES string of the molecule is C=CC(=O)Cc1cc2c(Nc3ccc(OCc4ccccn4)c(Cl)c3)ncnc2cc1C#C[C@@]1(C)CCCN1C. The van der Waals surface area contributed by atoms with Crippen molar-refractivity contribution in [2.45, 2.75) is 38.3 Å². The minimum atomic E-state index is -0.195. The van der Waals surface area contributed by atoms with Crippen LogP contribution in [0, 0.1) is 11.8 Å². The number of ketones is 1. The second-order valence-corrected chi connectivity index (χ2v) is 10.4. The van der Waals surface area contributed by atoms with Crippen LogP contribution in [0.2, 0.25) is 5.02 Å². The van der Waals surface area contributed by atoms with Crippen molar-refractivity contribution in [3.63, 3.8) is 0 Å². The predicted molar refractivity (Wildman–Crippen MR) is 159 cm³/mol. The van der Waals surface area contributed by atoms with E-state index in [1.165, 1.54) is 12.4 Å². The molecule has 2 aromatic carbocycles. The quantitative estimate of drug-likeness (QED) is 0.208. The van der Waals surface area contributed by atoms with Crippen LogP contribution in [0.3, 0.4) is 0 Å². The van der Waals surface area contributed by atoms with E-state index in [4.69, 9.17) is 16.3 Å². The molecule has 7 nitrogen and oxygen atoms in total. The van der Waals surface area contributed by atoms with Crippen molar-refractivity contribution in [3.8, 4) is 17.6 Å². The summed E-state index contributed by atoms with van der Waals surface area (Å²) in [7, 11) is 2.10. The Kier molecular flexibility index (Phi) is 8.11. The second-order valence-electron chi connectivity index (χ2n) is 10.0. The third kappa shape index (κ3) is 6.15. The Labute approximate surface area is 239 Å². The highest BCUT2D eigenvalue weighted by atomic mass is 35.5. The fraction of sp³-hybridized carbons (Fsp3) is 0.250. The van der Waals surface area contributed by atoms with E-state index in [2.05, 4.69) is 57.6 Å². The number of halogens is 1. The first-order chi connectivity index (χ1) is 19.3. The Hall–Kier alpha value is -4.25. The van der Waals surface area contributed by atoms with E-state index >= 15 is 0 Å². The maximum Gasteiger partial charge on any atom is 0.159 e. The van der Waals surface area contributed by atoms with Crippen LogP contribution in [-0.4, -0.2) is 44.8 Å². The highest BCUT2D eigenvalue weighted by Gasteiger charge is 2.31. The average Bonchev–Trinajstić information content (AvgIpc) is 3.30. The van der Waals surface area contributed by atoms with Crippen molar-refractivity contribution in [2.24, 2.45) is 0 Å². The maximum absolute atomic E-state index is 12.4. The van der Waals surface area contributed by atoms with E-state index in [1.54, 1.807) is 18.3 Å². The molecule has 5 rings (SSSR count). The highest BCUT2D eigenvalue weighted by Crippen LogP contribution is 2.32. The Morgan fingerprint density at radius 2 is 2.10 bits per heavy atom. The summed E-state index contributed by atoms with van der Waals surface area (Å²) in [5.74, 6) is 7.89. The number of carbonyl (C=O) groups is 1. The first kappa shape index (κ1) is 27.3. The Morgan fingerprint density at radius 3 is 2.83 bits per heavy atom. The summed E-state index contributed by atoms with van der Waals surface area (Å²) in [6.45, 7) is 7.14. The lowest BCUT2D eigenvalue weighted by atomic mass is 9.96. The lowest BCUT2D eigenvalue weighted by Gasteiger charge is -2.26. The van der Waals surface area contributed by atoms with Crippen LogP contribution in [0.4, 0.5) is 11.5 Å². The van der Waals surface area contributed by atoms with Crippen LogP contribution in [0.5, 0.6) is 5.75 Å². The van der Waals surface area contributed by atoms with Gasteiger partial charge in [-0.3, -0.25) is 14.7 Å². The van der Waals surface area contributed by atoms with Crippen LogP contribution >= 0.6 is 11.6 Å². The molecular formula is C32H30ClN5O2. The van der Waals surface area contributed by atoms with Crippen molar-refractivity contribution >= 4 is 39.8 Å². The summed E-state index contributed by atoms with van der Waals surface area (Å²) >= 11 is 6.53. The topological polar surface area (TPSA) is 80.2 Å². The number of nitrogens with one attached hydrogen (secondary N) is 1. The monoisotopic (exact) mass is 551 g/mol. The molecule has 40 heavy (non-hydrogen) atoms. The summed E-state index contributed by atoms with van der Waals surface area (Å²) < 4.78 is 5.84. The molecule has 2 aromatic heterocycles. The third-order valence-electron chi connectivity index (χ3n) is 7.22. The summed E-state index contributed by atoms with van der Waals surface area (Å²) in [5.41, 5.74) is 3.67. The van der Waals surface area contributed by atoms with E-state index in [1.807, 2.05) is 36.4 Å². The van der Waals surface area contributed by atoms with E-state index in [9.17, 15) is 4.79 Å². The molecule has 202 valence electrons. The Bertz CT molecular complexity index is 1630. The van der Waals surface area contributed by atoms with Crippen LogP contribution < -0.4 is 10.1 Å². The number of anilines is 2. The standard InChI is InChI=1S/C32H30ClN5O2/c1-4-26(39)16-23-17-27-29(18-22(23)11-13-32(2)12-7-15-38(32)3)35-21-36-31(27)37-24-9-10-30(28(33)19-24)40-20-25-8-5-6-14-34-25/h4-6,8-10,14,17-19,21H,1,7,12,15-16,20H2,2-3H3,(H,35,36,37)/t32-/m1/s1. The average molecular weight is 552 g/mol. The van der Waals surface area contributed by atoms with Gasteiger partial charge >= 0.3 is 0 Å². The molecular weight excluding hydrogens is 522 g/mol. The van der Waals surface area contributed by atoms with E-state index in [0.717, 1.165) is 52.8 Å². The normalized spacial score (nSPS) is 16.8. The number of allylic oxidation sites excluding steroid dienone is 1. The number of ether oxygens (including phenoxy) is 1. The maximum atomic E-state index is 12.4. The number of pyridine rings is 1. The summed E-state index contributed by atoms with van der Waals surface area (Å²) in [6.07, 6.45) is 6.89. The van der Waals surface area contributed by atoms with Crippen molar-refractivity contribution < 1.29 is 9.53 Å². The fourth-order valence-electron chi connectivity index (χ4n) is 4.70. The van der Waals surface area contributed by atoms with E-state index < -0.39 is 0 Å². The van der Waals surface area contributed by atoms with Crippen LogP contribution in [0.15, 0.2) is 73.7 Å². The van der Waals surface area contributed by atoms with Crippen molar-refractivity contribution in [1.82, 2.24) is 19.9 Å². The zero-order valence-electron chi connectivity index (χ0n) is 22.6. The van der Waals surface area contributed by atoms with Crippen LogP contribution in [0.25, 0.3) is 10.9 Å². The first-order valence-corrected chi connectivity index (χ1v) is 13.5. The summed E-state index contributed by atoms with van der Waals surface area (Å²) in [6, 6.07) is 15.0. The van der Waals surface area contributed by atoms with Crippen molar-refractivity contribution in [1.29, 1.82) is 0 Å². The van der Waals surface area contributed by atoms with Gasteiger partial charge in [0, 0.05) is 29.3 Å². The smallest absolute Gasteiger partial charge is 0.159 e. The van der Waals surface area contributed by atoms with Gasteiger partial charge in [-0.15, -0.1) is 0 Å². The lowest BCUT2D eigenvalue weighted by molar-refractivity contribution is -0.114. The molecule has 0 spiro atoms. The second kappa shape index (κ2) is 11.9. The van der Waals surface area contributed by atoms with Gasteiger partial charge in [0.05, 0.1) is 21.8 Å². The highest BCUT2D eigenvalue weighted by molar-refractivity contribution is 6.32. The lowest BCUT2D eigenvalue weighted by Crippen LogP contribution is -2.36. The number of fused-ring (bicyclic) bond motifs is 1. The number of aromatic nitrogens is 3. The molecule has 1 aliphatic heterocycles. The third-order valence-corrected chi connectivity index (χ3v) is 7.51. The van der Waals surface area contributed by atoms with Gasteiger partial charge < -0.3 is 10.1 Å². The Morgan fingerprint density at radius 1 is 1.23 bits per heavy atom. The zero-order valence-corrected chi connectivity index (χ0v) is 23.3. The molecule has 0 radical (unpaired) electrons. The molecule has 0 bridgehead atoms. The number of likely N-dealkylation sites (tertiary alicyclic amines) is 1. The van der Waals surface area contributed by atoms with E-state index in [0.29, 0.717) is 23.2 Å². The van der Waals surface area contributed by atoms with Gasteiger partial charge in [0.25, 0.3) is 0 Å². The van der Waals surface area contributed by atoms with Gasteiger partial charge in [-0.2, -0.15) is 0 Å². The number of rotatable bonds is 8. The van der Waals surface area contributed by atoms with Crippen molar-refractivity contribution in [2.75, 3.05) is 18.9 Å². The minimum Gasteiger partial charge on any atom is -0.486 e. The van der Waals surface area contributed by atoms with Gasteiger partial charge in [0.2, 0.25) is 0 Å². The van der Waals surface area contributed by atoms with Gasteiger partial charge in [-0.05, 0) is 87.5 Å². The minimum absolute atomic E-state index is 0.0778. The molecule has 4 aromatic rings. The molecule has 1 saturated heterocycles. The molecule has 1 aliphatic rings. The molecule has 0 aliphatic carbocycles. The van der Waals surface area contributed by atoms with Gasteiger partial charge in [-0.1, -0.05) is 36.1 Å². The number of benzene rings is 2. The summed E-state index contributed by atoms with van der Waals surface area (Å²) in [4.78, 5) is 27.9. The predicted octanol–water partition coefficient (Wildman–Crippen LogP) is 6.13. The first-order valence-electron chi connectivity index (χ1n) is 13.1. The molecule has 3 heterocycles. The molecule has 1 atom stereocenters. The molecule has 0 amide bonds. The van der Waals surface area contributed by atoms with Gasteiger partial charge in [0.15, 0.2) is 5.78 Å². The molecule has 1 N–H and O–H groups in total.